The minimum Gasteiger partial charge on any atom is -0.307 e. The van der Waals surface area contributed by atoms with Crippen LogP contribution in [0, 0.1) is 5.92 Å². The third-order valence-electron chi connectivity index (χ3n) is 3.49. The molecule has 0 saturated heterocycles. The second-order valence-electron chi connectivity index (χ2n) is 4.95. The molecule has 1 aliphatic rings. The van der Waals surface area contributed by atoms with Crippen molar-refractivity contribution in [3.63, 3.8) is 0 Å². The average Bonchev–Trinajstić information content (AvgIpc) is 2.56. The van der Waals surface area contributed by atoms with Crippen molar-refractivity contribution >= 4 is 0 Å². The fourth-order valence-corrected chi connectivity index (χ4v) is 2.67. The van der Waals surface area contributed by atoms with Gasteiger partial charge in [0.15, 0.2) is 0 Å². The summed E-state index contributed by atoms with van der Waals surface area (Å²) in [5.74, 6) is 0.699. The fraction of sp³-hybridized carbons (Fsp3) is 0.467. The summed E-state index contributed by atoms with van der Waals surface area (Å²) in [7, 11) is 0. The summed E-state index contributed by atoms with van der Waals surface area (Å²) in [6.07, 6.45) is 4.23. The molecule has 1 aromatic rings. The monoisotopic (exact) mass is 215 g/mol. The average molecular weight is 215 g/mol. The van der Waals surface area contributed by atoms with Crippen LogP contribution in [0.15, 0.2) is 36.9 Å². The van der Waals surface area contributed by atoms with Crippen molar-refractivity contribution in [3.05, 3.63) is 48.0 Å². The zero-order valence-electron chi connectivity index (χ0n) is 10.2. The van der Waals surface area contributed by atoms with E-state index in [-0.39, 0.29) is 0 Å². The second-order valence-corrected chi connectivity index (χ2v) is 4.95. The summed E-state index contributed by atoms with van der Waals surface area (Å²) in [6.45, 7) is 8.36. The van der Waals surface area contributed by atoms with E-state index in [4.69, 9.17) is 0 Å². The quantitative estimate of drug-likeness (QED) is 0.758. The maximum Gasteiger partial charge on any atom is 0.0354 e. The smallest absolute Gasteiger partial charge is 0.0354 e. The SMILES string of the molecule is C=CCC(C)NC1c2ccccc2CC1C. The highest BCUT2D eigenvalue weighted by Gasteiger charge is 2.29. The Labute approximate surface area is 98.6 Å². The molecule has 0 spiro atoms. The zero-order valence-corrected chi connectivity index (χ0v) is 10.2. The van der Waals surface area contributed by atoms with Crippen molar-refractivity contribution in [2.45, 2.75) is 38.8 Å². The van der Waals surface area contributed by atoms with Gasteiger partial charge in [0, 0.05) is 12.1 Å². The summed E-state index contributed by atoms with van der Waals surface area (Å²) in [5.41, 5.74) is 3.00. The molecular weight excluding hydrogens is 194 g/mol. The minimum atomic E-state index is 0.510. The van der Waals surface area contributed by atoms with Gasteiger partial charge in [-0.3, -0.25) is 0 Å². The first-order valence-electron chi connectivity index (χ1n) is 6.17. The minimum absolute atomic E-state index is 0.510. The van der Waals surface area contributed by atoms with Crippen LogP contribution in [0.4, 0.5) is 0 Å². The number of nitrogens with one attached hydrogen (secondary N) is 1. The first-order valence-corrected chi connectivity index (χ1v) is 6.17. The van der Waals surface area contributed by atoms with Crippen molar-refractivity contribution < 1.29 is 0 Å². The lowest BCUT2D eigenvalue weighted by atomic mass is 10.0. The van der Waals surface area contributed by atoms with E-state index in [0.29, 0.717) is 18.0 Å². The van der Waals surface area contributed by atoms with Gasteiger partial charge in [-0.15, -0.1) is 6.58 Å². The Morgan fingerprint density at radius 3 is 3.00 bits per heavy atom. The first kappa shape index (κ1) is 11.4. The first-order chi connectivity index (χ1) is 7.72. The maximum atomic E-state index is 3.80. The molecule has 0 fully saturated rings. The highest BCUT2D eigenvalue weighted by molar-refractivity contribution is 5.35. The van der Waals surface area contributed by atoms with E-state index < -0.39 is 0 Å². The molecule has 0 heterocycles. The number of hydrogen-bond acceptors (Lipinski definition) is 1. The largest absolute Gasteiger partial charge is 0.307 e. The Balaban J connectivity index is 2.12. The van der Waals surface area contributed by atoms with E-state index in [1.165, 1.54) is 17.5 Å². The number of hydrogen-bond donors (Lipinski definition) is 1. The standard InChI is InChI=1S/C15H21N/c1-4-7-12(3)16-15-11(2)10-13-8-5-6-9-14(13)15/h4-6,8-9,11-12,15-16H,1,7,10H2,2-3H3. The van der Waals surface area contributed by atoms with E-state index in [1.807, 2.05) is 6.08 Å². The molecule has 1 aliphatic carbocycles. The predicted octanol–water partition coefficient (Wildman–Crippen LogP) is 3.47. The third kappa shape index (κ3) is 2.19. The Kier molecular flexibility index (Phi) is 3.45. The van der Waals surface area contributed by atoms with Gasteiger partial charge in [-0.1, -0.05) is 37.3 Å². The Hall–Kier alpha value is -1.08. The van der Waals surface area contributed by atoms with Crippen LogP contribution in [0.25, 0.3) is 0 Å². The Morgan fingerprint density at radius 1 is 1.50 bits per heavy atom. The zero-order chi connectivity index (χ0) is 11.5. The molecule has 0 bridgehead atoms. The van der Waals surface area contributed by atoms with Crippen LogP contribution in [0.3, 0.4) is 0 Å². The number of benzene rings is 1. The van der Waals surface area contributed by atoms with E-state index in [0.717, 1.165) is 6.42 Å². The molecule has 1 nitrogen and oxygen atoms in total. The Bertz CT molecular complexity index is 369. The molecule has 0 radical (unpaired) electrons. The van der Waals surface area contributed by atoms with E-state index in [1.54, 1.807) is 0 Å². The molecule has 1 N–H and O–H groups in total. The number of rotatable bonds is 4. The second kappa shape index (κ2) is 4.84. The van der Waals surface area contributed by atoms with E-state index in [9.17, 15) is 0 Å². The van der Waals surface area contributed by atoms with Crippen LogP contribution in [-0.2, 0) is 6.42 Å². The molecule has 0 amide bonds. The van der Waals surface area contributed by atoms with E-state index >= 15 is 0 Å². The van der Waals surface area contributed by atoms with Gasteiger partial charge in [0.1, 0.15) is 0 Å². The van der Waals surface area contributed by atoms with Gasteiger partial charge < -0.3 is 5.32 Å². The van der Waals surface area contributed by atoms with Crippen molar-refractivity contribution in [2.75, 3.05) is 0 Å². The molecule has 3 atom stereocenters. The lowest BCUT2D eigenvalue weighted by Gasteiger charge is -2.23. The van der Waals surface area contributed by atoms with Crippen molar-refractivity contribution in [2.24, 2.45) is 5.92 Å². The van der Waals surface area contributed by atoms with Crippen LogP contribution in [0.5, 0.6) is 0 Å². The molecule has 86 valence electrons. The highest BCUT2D eigenvalue weighted by Crippen LogP contribution is 2.35. The fourth-order valence-electron chi connectivity index (χ4n) is 2.67. The maximum absolute atomic E-state index is 3.80. The molecule has 3 unspecified atom stereocenters. The van der Waals surface area contributed by atoms with Crippen molar-refractivity contribution in [3.8, 4) is 0 Å². The summed E-state index contributed by atoms with van der Waals surface area (Å²) in [5, 5.41) is 3.71. The van der Waals surface area contributed by atoms with Crippen molar-refractivity contribution in [1.82, 2.24) is 5.32 Å². The molecule has 0 aromatic heterocycles. The van der Waals surface area contributed by atoms with Crippen LogP contribution in [0.2, 0.25) is 0 Å². The highest BCUT2D eigenvalue weighted by atomic mass is 15.0. The summed E-state index contributed by atoms with van der Waals surface area (Å²) >= 11 is 0. The van der Waals surface area contributed by atoms with E-state index in [2.05, 4.69) is 50.0 Å². The molecule has 0 aliphatic heterocycles. The van der Waals surface area contributed by atoms with Crippen LogP contribution in [0.1, 0.15) is 37.4 Å². The predicted molar refractivity (Wildman–Crippen MR) is 69.5 cm³/mol. The van der Waals surface area contributed by atoms with Gasteiger partial charge in [-0.05, 0) is 36.8 Å². The number of fused-ring (bicyclic) bond motifs is 1. The molecule has 1 aromatic carbocycles. The summed E-state index contributed by atoms with van der Waals surface area (Å²) in [4.78, 5) is 0. The van der Waals surface area contributed by atoms with Crippen LogP contribution >= 0.6 is 0 Å². The van der Waals surface area contributed by atoms with Crippen LogP contribution in [-0.4, -0.2) is 6.04 Å². The van der Waals surface area contributed by atoms with Gasteiger partial charge >= 0.3 is 0 Å². The Morgan fingerprint density at radius 2 is 2.25 bits per heavy atom. The molecule has 1 heteroatoms. The van der Waals surface area contributed by atoms with Crippen molar-refractivity contribution in [1.29, 1.82) is 0 Å². The lowest BCUT2D eigenvalue weighted by molar-refractivity contribution is 0.375. The van der Waals surface area contributed by atoms with Gasteiger partial charge in [0.05, 0.1) is 0 Å². The van der Waals surface area contributed by atoms with Gasteiger partial charge in [-0.2, -0.15) is 0 Å². The lowest BCUT2D eigenvalue weighted by Crippen LogP contribution is -2.32. The molecule has 0 saturated carbocycles. The van der Waals surface area contributed by atoms with Gasteiger partial charge in [-0.25, -0.2) is 0 Å². The van der Waals surface area contributed by atoms with Gasteiger partial charge in [0.2, 0.25) is 0 Å². The summed E-state index contributed by atoms with van der Waals surface area (Å²) < 4.78 is 0. The molecular formula is C15H21N. The topological polar surface area (TPSA) is 12.0 Å². The molecule has 16 heavy (non-hydrogen) atoms. The van der Waals surface area contributed by atoms with Gasteiger partial charge in [0.25, 0.3) is 0 Å². The summed E-state index contributed by atoms with van der Waals surface area (Å²) in [6, 6.07) is 9.83. The van der Waals surface area contributed by atoms with Crippen LogP contribution < -0.4 is 5.32 Å². The normalized spacial score (nSPS) is 25.1. The third-order valence-corrected chi connectivity index (χ3v) is 3.49. The molecule has 2 rings (SSSR count).